The lowest BCUT2D eigenvalue weighted by atomic mass is 9.98. The van der Waals surface area contributed by atoms with Crippen molar-refractivity contribution in [3.63, 3.8) is 0 Å². The van der Waals surface area contributed by atoms with E-state index in [2.05, 4.69) is 0 Å². The van der Waals surface area contributed by atoms with E-state index in [9.17, 15) is 22.8 Å². The molecule has 112 valence electrons. The minimum Gasteiger partial charge on any atom is -0.480 e. The second kappa shape index (κ2) is 6.74. The molecule has 0 aliphatic carbocycles. The van der Waals surface area contributed by atoms with Crippen LogP contribution in [0.4, 0.5) is 13.2 Å². The van der Waals surface area contributed by atoms with Gasteiger partial charge in [-0.25, -0.2) is 18.0 Å². The number of halogens is 3. The minimum atomic E-state index is -1.50. The molecule has 0 radical (unpaired) electrons. The van der Waals surface area contributed by atoms with Crippen LogP contribution in [0.3, 0.4) is 0 Å². The van der Waals surface area contributed by atoms with Crippen LogP contribution >= 0.6 is 0 Å². The Morgan fingerprint density at radius 3 is 2.29 bits per heavy atom. The predicted molar refractivity (Wildman–Crippen MR) is 64.6 cm³/mol. The van der Waals surface area contributed by atoms with Crippen molar-refractivity contribution in [2.75, 3.05) is 0 Å². The summed E-state index contributed by atoms with van der Waals surface area (Å²) in [5, 5.41) is 19.4. The molecular weight excluding hydrogens is 289 g/mol. The monoisotopic (exact) mass is 300 g/mol. The summed E-state index contributed by atoms with van der Waals surface area (Å²) in [5.74, 6) is -7.64. The number of aliphatic carboxylic acids is 1. The van der Waals surface area contributed by atoms with Crippen LogP contribution in [-0.4, -0.2) is 23.0 Å². The normalized spacial score (nSPS) is 13.1. The van der Waals surface area contributed by atoms with Crippen LogP contribution in [0, 0.1) is 34.7 Å². The molecule has 0 fully saturated rings. The number of amides is 1. The predicted octanol–water partition coefficient (Wildman–Crippen LogP) is 1.84. The number of rotatable bonds is 5. The van der Waals surface area contributed by atoms with E-state index in [1.54, 1.807) is 6.07 Å². The molecule has 1 rings (SSSR count). The van der Waals surface area contributed by atoms with Crippen LogP contribution in [0.15, 0.2) is 12.1 Å². The first kappa shape index (κ1) is 16.5. The van der Waals surface area contributed by atoms with E-state index in [4.69, 9.17) is 10.4 Å². The Bertz CT molecular complexity index is 590. The zero-order valence-electron chi connectivity index (χ0n) is 10.9. The molecule has 8 heteroatoms. The lowest BCUT2D eigenvalue weighted by Crippen LogP contribution is -2.45. The fraction of sp³-hybridized carbons (Fsp3) is 0.308. The van der Waals surface area contributed by atoms with E-state index in [1.165, 1.54) is 6.92 Å². The molecule has 0 aromatic heterocycles. The number of carbonyl (C=O) groups is 2. The van der Waals surface area contributed by atoms with Crippen molar-refractivity contribution in [3.8, 4) is 6.07 Å². The number of nitrogens with zero attached hydrogens (tertiary/aromatic N) is 1. The maximum atomic E-state index is 13.4. The van der Waals surface area contributed by atoms with Crippen molar-refractivity contribution in [2.45, 2.75) is 19.4 Å². The summed E-state index contributed by atoms with van der Waals surface area (Å²) in [5.41, 5.74) is -1.08. The number of nitrogens with one attached hydrogen (secondary N) is 1. The fourth-order valence-electron chi connectivity index (χ4n) is 1.68. The molecular formula is C13H11F3N2O3. The number of hydrogen-bond donors (Lipinski definition) is 2. The van der Waals surface area contributed by atoms with Crippen molar-refractivity contribution >= 4 is 11.9 Å². The molecule has 0 bridgehead atoms. The van der Waals surface area contributed by atoms with Crippen molar-refractivity contribution < 1.29 is 27.9 Å². The van der Waals surface area contributed by atoms with E-state index in [-0.39, 0.29) is 6.42 Å². The minimum absolute atomic E-state index is 0.175. The molecule has 2 N–H and O–H groups in total. The largest absolute Gasteiger partial charge is 0.480 e. The highest BCUT2D eigenvalue weighted by Gasteiger charge is 2.29. The number of nitriles is 1. The number of carbonyl (C=O) groups excluding carboxylic acids is 1. The van der Waals surface area contributed by atoms with Crippen LogP contribution in [0.25, 0.3) is 0 Å². The first-order chi connectivity index (χ1) is 9.77. The maximum absolute atomic E-state index is 13.4. The summed E-state index contributed by atoms with van der Waals surface area (Å²) in [6.07, 6.45) is -0.175. The van der Waals surface area contributed by atoms with Gasteiger partial charge in [-0.3, -0.25) is 4.79 Å². The Morgan fingerprint density at radius 1 is 1.33 bits per heavy atom. The van der Waals surface area contributed by atoms with Gasteiger partial charge >= 0.3 is 5.97 Å². The third-order valence-electron chi connectivity index (χ3n) is 2.77. The lowest BCUT2D eigenvalue weighted by molar-refractivity contribution is -0.140. The molecule has 0 spiro atoms. The molecule has 1 amide bonds. The first-order valence-corrected chi connectivity index (χ1v) is 5.83. The summed E-state index contributed by atoms with van der Waals surface area (Å²) in [4.78, 5) is 22.8. The smallest absolute Gasteiger partial charge is 0.326 e. The van der Waals surface area contributed by atoms with Crippen molar-refractivity contribution in [2.24, 2.45) is 5.92 Å². The van der Waals surface area contributed by atoms with Crippen LogP contribution in [0.5, 0.6) is 0 Å². The first-order valence-electron chi connectivity index (χ1n) is 5.83. The van der Waals surface area contributed by atoms with Gasteiger partial charge in [-0.15, -0.1) is 0 Å². The second-order valence-corrected chi connectivity index (χ2v) is 4.37. The van der Waals surface area contributed by atoms with Crippen molar-refractivity contribution in [1.29, 1.82) is 5.26 Å². The van der Waals surface area contributed by atoms with Crippen molar-refractivity contribution in [3.05, 3.63) is 35.1 Å². The standard InChI is InChI=1S/C13H11F3N2O3/c1-6(2-3-17)11(13(20)21)18-12(19)10-8(15)4-7(14)5-9(10)16/h4-6,11H,2H2,1H3,(H,18,19)(H,20,21)/t6-,11-/m1/s1. The van der Waals surface area contributed by atoms with Gasteiger partial charge in [0.2, 0.25) is 0 Å². The summed E-state index contributed by atoms with van der Waals surface area (Å²) in [6, 6.07) is 0.859. The lowest BCUT2D eigenvalue weighted by Gasteiger charge is -2.19. The zero-order chi connectivity index (χ0) is 16.2. The SMILES string of the molecule is C[C@H](CC#N)[C@@H](NC(=O)c1c(F)cc(F)cc1F)C(=O)O. The van der Waals surface area contributed by atoms with Crippen LogP contribution in [0.2, 0.25) is 0 Å². The second-order valence-electron chi connectivity index (χ2n) is 4.37. The van der Waals surface area contributed by atoms with Crippen molar-refractivity contribution in [1.82, 2.24) is 5.32 Å². The molecule has 2 atom stereocenters. The quantitative estimate of drug-likeness (QED) is 0.868. The van der Waals surface area contributed by atoms with Crippen LogP contribution in [-0.2, 0) is 4.79 Å². The van der Waals surface area contributed by atoms with E-state index in [0.717, 1.165) is 0 Å². The third-order valence-corrected chi connectivity index (χ3v) is 2.77. The highest BCUT2D eigenvalue weighted by atomic mass is 19.1. The number of benzene rings is 1. The third kappa shape index (κ3) is 3.95. The average molecular weight is 300 g/mol. The maximum Gasteiger partial charge on any atom is 0.326 e. The molecule has 1 aromatic carbocycles. The molecule has 0 saturated heterocycles. The van der Waals surface area contributed by atoms with Gasteiger partial charge in [0.15, 0.2) is 0 Å². The molecule has 1 aromatic rings. The van der Waals surface area contributed by atoms with E-state index < -0.39 is 46.9 Å². The van der Waals surface area contributed by atoms with Gasteiger partial charge in [-0.1, -0.05) is 6.92 Å². The number of carboxylic acid groups (broad SMARTS) is 1. The van der Waals surface area contributed by atoms with Gasteiger partial charge in [0.1, 0.15) is 29.1 Å². The van der Waals surface area contributed by atoms with Gasteiger partial charge < -0.3 is 10.4 Å². The molecule has 0 aliphatic rings. The summed E-state index contributed by atoms with van der Waals surface area (Å²) >= 11 is 0. The van der Waals surface area contributed by atoms with Gasteiger partial charge in [-0.05, 0) is 0 Å². The highest BCUT2D eigenvalue weighted by molar-refractivity contribution is 5.97. The summed E-state index contributed by atoms with van der Waals surface area (Å²) < 4.78 is 39.6. The van der Waals surface area contributed by atoms with E-state index in [1.807, 2.05) is 5.32 Å². The molecule has 0 aliphatic heterocycles. The van der Waals surface area contributed by atoms with E-state index >= 15 is 0 Å². The average Bonchev–Trinajstić information content (AvgIpc) is 2.34. The Morgan fingerprint density at radius 2 is 1.86 bits per heavy atom. The molecule has 5 nitrogen and oxygen atoms in total. The Labute approximate surface area is 118 Å². The molecule has 0 heterocycles. The fourth-order valence-corrected chi connectivity index (χ4v) is 1.68. The zero-order valence-corrected chi connectivity index (χ0v) is 10.9. The topological polar surface area (TPSA) is 90.2 Å². The van der Waals surface area contributed by atoms with Crippen LogP contribution < -0.4 is 5.32 Å². The van der Waals surface area contributed by atoms with Gasteiger partial charge in [-0.2, -0.15) is 5.26 Å². The Hall–Kier alpha value is -2.56. The Balaban J connectivity index is 3.04. The van der Waals surface area contributed by atoms with E-state index in [0.29, 0.717) is 12.1 Å². The summed E-state index contributed by atoms with van der Waals surface area (Å²) in [6.45, 7) is 1.39. The summed E-state index contributed by atoms with van der Waals surface area (Å²) in [7, 11) is 0. The Kier molecular flexibility index (Phi) is 5.30. The number of hydrogen-bond acceptors (Lipinski definition) is 3. The number of carboxylic acids is 1. The van der Waals surface area contributed by atoms with Gasteiger partial charge in [0.05, 0.1) is 6.07 Å². The molecule has 0 unspecified atom stereocenters. The van der Waals surface area contributed by atoms with Crippen LogP contribution in [0.1, 0.15) is 23.7 Å². The molecule has 0 saturated carbocycles. The van der Waals surface area contributed by atoms with Gasteiger partial charge in [0, 0.05) is 24.5 Å². The highest BCUT2D eigenvalue weighted by Crippen LogP contribution is 2.16. The van der Waals surface area contributed by atoms with Gasteiger partial charge in [0.25, 0.3) is 5.91 Å². The molecule has 21 heavy (non-hydrogen) atoms.